The Morgan fingerprint density at radius 2 is 1.95 bits per heavy atom. The predicted octanol–water partition coefficient (Wildman–Crippen LogP) is 3.67. The van der Waals surface area contributed by atoms with Gasteiger partial charge in [0.15, 0.2) is 0 Å². The van der Waals surface area contributed by atoms with Gasteiger partial charge in [-0.1, -0.05) is 46.3 Å². The van der Waals surface area contributed by atoms with Crippen LogP contribution in [0.15, 0.2) is 46.9 Å². The summed E-state index contributed by atoms with van der Waals surface area (Å²) in [7, 11) is 1.64. The Balaban J connectivity index is 2.21. The average Bonchev–Trinajstić information content (AvgIpc) is 2.46. The maximum absolute atomic E-state index is 5.81. The lowest BCUT2D eigenvalue weighted by Gasteiger charge is -2.13. The van der Waals surface area contributed by atoms with Crippen molar-refractivity contribution in [3.63, 3.8) is 0 Å². The summed E-state index contributed by atoms with van der Waals surface area (Å²) in [5.41, 5.74) is 7.39. The Kier molecular flexibility index (Phi) is 4.98. The highest BCUT2D eigenvalue weighted by atomic mass is 79.9. The molecule has 0 amide bonds. The molecule has 3 nitrogen and oxygen atoms in total. The van der Waals surface area contributed by atoms with Crippen molar-refractivity contribution in [3.8, 4) is 11.5 Å². The molecular weight excluding hydrogens is 338 g/mol. The predicted molar refractivity (Wildman–Crippen MR) is 87.4 cm³/mol. The third-order valence-electron chi connectivity index (χ3n) is 2.78. The number of halogens is 1. The van der Waals surface area contributed by atoms with Gasteiger partial charge in [-0.3, -0.25) is 0 Å². The van der Waals surface area contributed by atoms with E-state index < -0.39 is 0 Å². The summed E-state index contributed by atoms with van der Waals surface area (Å²) in [4.78, 5) is 0.307. The zero-order valence-electron chi connectivity index (χ0n) is 10.9. The van der Waals surface area contributed by atoms with Crippen molar-refractivity contribution >= 4 is 33.1 Å². The SMILES string of the molecule is COc1ccccc1COc1ccc(Br)cc1C(N)=S. The number of ether oxygens (including phenoxy) is 2. The summed E-state index contributed by atoms with van der Waals surface area (Å²) in [6.45, 7) is 0.390. The minimum absolute atomic E-state index is 0.307. The third kappa shape index (κ3) is 3.49. The number of methoxy groups -OCH3 is 1. The molecule has 0 bridgehead atoms. The van der Waals surface area contributed by atoms with Crippen LogP contribution in [0.1, 0.15) is 11.1 Å². The lowest BCUT2D eigenvalue weighted by Crippen LogP contribution is -2.12. The molecule has 0 radical (unpaired) electrons. The van der Waals surface area contributed by atoms with Crippen LogP contribution in [-0.2, 0) is 6.61 Å². The van der Waals surface area contributed by atoms with Crippen molar-refractivity contribution in [2.24, 2.45) is 5.73 Å². The van der Waals surface area contributed by atoms with E-state index in [2.05, 4.69) is 15.9 Å². The lowest BCUT2D eigenvalue weighted by molar-refractivity contribution is 0.296. The molecule has 0 aliphatic rings. The molecule has 0 aromatic heterocycles. The van der Waals surface area contributed by atoms with Crippen LogP contribution < -0.4 is 15.2 Å². The van der Waals surface area contributed by atoms with Crippen LogP contribution in [0.4, 0.5) is 0 Å². The average molecular weight is 352 g/mol. The molecule has 0 unspecified atom stereocenters. The number of hydrogen-bond acceptors (Lipinski definition) is 3. The molecule has 2 rings (SSSR count). The smallest absolute Gasteiger partial charge is 0.130 e. The number of thiocarbonyl (C=S) groups is 1. The second-order valence-corrected chi connectivity index (χ2v) is 5.46. The van der Waals surface area contributed by atoms with Crippen molar-refractivity contribution in [2.75, 3.05) is 7.11 Å². The van der Waals surface area contributed by atoms with Crippen LogP contribution >= 0.6 is 28.1 Å². The highest BCUT2D eigenvalue weighted by Crippen LogP contribution is 2.25. The second kappa shape index (κ2) is 6.72. The Morgan fingerprint density at radius 1 is 1.20 bits per heavy atom. The normalized spacial score (nSPS) is 10.1. The van der Waals surface area contributed by atoms with Crippen LogP contribution in [0.3, 0.4) is 0 Å². The van der Waals surface area contributed by atoms with E-state index >= 15 is 0 Å². The van der Waals surface area contributed by atoms with Crippen LogP contribution in [-0.4, -0.2) is 12.1 Å². The molecule has 0 aliphatic heterocycles. The molecule has 5 heteroatoms. The summed E-state index contributed by atoms with van der Waals surface area (Å²) in [5, 5.41) is 0. The van der Waals surface area contributed by atoms with Crippen molar-refractivity contribution < 1.29 is 9.47 Å². The largest absolute Gasteiger partial charge is 0.496 e. The molecule has 0 spiro atoms. The van der Waals surface area contributed by atoms with Gasteiger partial charge in [0.05, 0.1) is 12.7 Å². The number of hydrogen-bond donors (Lipinski definition) is 1. The van der Waals surface area contributed by atoms with Gasteiger partial charge >= 0.3 is 0 Å². The number of para-hydroxylation sites is 1. The Labute approximate surface area is 131 Å². The zero-order chi connectivity index (χ0) is 14.5. The Morgan fingerprint density at radius 3 is 2.65 bits per heavy atom. The molecule has 2 aromatic carbocycles. The first-order valence-electron chi connectivity index (χ1n) is 5.96. The minimum Gasteiger partial charge on any atom is -0.496 e. The molecule has 2 aromatic rings. The van der Waals surface area contributed by atoms with E-state index in [9.17, 15) is 0 Å². The summed E-state index contributed by atoms with van der Waals surface area (Å²) >= 11 is 8.43. The monoisotopic (exact) mass is 351 g/mol. The maximum atomic E-state index is 5.81. The highest BCUT2D eigenvalue weighted by molar-refractivity contribution is 9.10. The first-order chi connectivity index (χ1) is 9.61. The van der Waals surface area contributed by atoms with Crippen LogP contribution in [0.25, 0.3) is 0 Å². The number of benzene rings is 2. The zero-order valence-corrected chi connectivity index (χ0v) is 13.3. The summed E-state index contributed by atoms with van der Waals surface area (Å²) < 4.78 is 12.0. The molecule has 0 saturated heterocycles. The molecule has 0 heterocycles. The van der Waals surface area contributed by atoms with Gasteiger partial charge < -0.3 is 15.2 Å². The fourth-order valence-corrected chi connectivity index (χ4v) is 2.32. The van der Waals surface area contributed by atoms with Gasteiger partial charge in [0, 0.05) is 10.0 Å². The van der Waals surface area contributed by atoms with Gasteiger partial charge in [-0.2, -0.15) is 0 Å². The van der Waals surface area contributed by atoms with E-state index in [0.29, 0.717) is 22.9 Å². The fraction of sp³-hybridized carbons (Fsp3) is 0.133. The lowest BCUT2D eigenvalue weighted by atomic mass is 10.2. The van der Waals surface area contributed by atoms with Gasteiger partial charge in [0.25, 0.3) is 0 Å². The van der Waals surface area contributed by atoms with Gasteiger partial charge in [-0.05, 0) is 24.3 Å². The summed E-state index contributed by atoms with van der Waals surface area (Å²) in [6, 6.07) is 13.3. The number of rotatable bonds is 5. The molecule has 104 valence electrons. The summed E-state index contributed by atoms with van der Waals surface area (Å²) in [6.07, 6.45) is 0. The minimum atomic E-state index is 0.307. The van der Waals surface area contributed by atoms with Gasteiger partial charge in [-0.15, -0.1) is 0 Å². The van der Waals surface area contributed by atoms with Crippen molar-refractivity contribution in [1.82, 2.24) is 0 Å². The van der Waals surface area contributed by atoms with E-state index in [4.69, 9.17) is 27.4 Å². The first-order valence-corrected chi connectivity index (χ1v) is 7.16. The topological polar surface area (TPSA) is 44.5 Å². The van der Waals surface area contributed by atoms with Crippen molar-refractivity contribution in [2.45, 2.75) is 6.61 Å². The standard InChI is InChI=1S/C15H14BrNO2S/c1-18-13-5-3-2-4-10(13)9-19-14-7-6-11(16)8-12(14)15(17)20/h2-8H,9H2,1H3,(H2,17,20). The quantitative estimate of drug-likeness (QED) is 0.834. The van der Waals surface area contributed by atoms with E-state index in [1.54, 1.807) is 7.11 Å². The van der Waals surface area contributed by atoms with Gasteiger partial charge in [0.1, 0.15) is 23.1 Å². The van der Waals surface area contributed by atoms with E-state index in [0.717, 1.165) is 15.8 Å². The van der Waals surface area contributed by atoms with Gasteiger partial charge in [0.2, 0.25) is 0 Å². The Bertz CT molecular complexity index is 631. The molecule has 0 atom stereocenters. The van der Waals surface area contributed by atoms with Crippen LogP contribution in [0, 0.1) is 0 Å². The Hall–Kier alpha value is -1.59. The first kappa shape index (κ1) is 14.8. The highest BCUT2D eigenvalue weighted by Gasteiger charge is 2.09. The molecule has 2 N–H and O–H groups in total. The van der Waals surface area contributed by atoms with Crippen molar-refractivity contribution in [3.05, 3.63) is 58.1 Å². The molecule has 0 saturated carbocycles. The van der Waals surface area contributed by atoms with Crippen LogP contribution in [0.2, 0.25) is 0 Å². The van der Waals surface area contributed by atoms with Crippen LogP contribution in [0.5, 0.6) is 11.5 Å². The van der Waals surface area contributed by atoms with E-state index in [1.807, 2.05) is 42.5 Å². The van der Waals surface area contributed by atoms with Crippen molar-refractivity contribution in [1.29, 1.82) is 0 Å². The molecular formula is C15H14BrNO2S. The third-order valence-corrected chi connectivity index (χ3v) is 3.50. The second-order valence-electron chi connectivity index (χ2n) is 4.11. The molecule has 0 aliphatic carbocycles. The maximum Gasteiger partial charge on any atom is 0.130 e. The van der Waals surface area contributed by atoms with E-state index in [1.165, 1.54) is 0 Å². The molecule has 0 fully saturated rings. The molecule has 20 heavy (non-hydrogen) atoms. The van der Waals surface area contributed by atoms with Gasteiger partial charge in [-0.25, -0.2) is 0 Å². The number of nitrogens with two attached hydrogens (primary N) is 1. The fourth-order valence-electron chi connectivity index (χ4n) is 1.80. The van der Waals surface area contributed by atoms with E-state index in [-0.39, 0.29) is 0 Å². The summed E-state index contributed by atoms with van der Waals surface area (Å²) in [5.74, 6) is 1.45.